The number of nitrogens with zero attached hydrogens (tertiary/aromatic N) is 1. The predicted octanol–water partition coefficient (Wildman–Crippen LogP) is 3.98. The fourth-order valence-electron chi connectivity index (χ4n) is 2.53. The fourth-order valence-corrected chi connectivity index (χ4v) is 3.33. The molecule has 1 saturated heterocycles. The van der Waals surface area contributed by atoms with E-state index in [-0.39, 0.29) is 0 Å². The van der Waals surface area contributed by atoms with Crippen LogP contribution in [0.1, 0.15) is 20.3 Å². The van der Waals surface area contributed by atoms with Crippen LogP contribution in [0.15, 0.2) is 22.7 Å². The normalized spacial score (nSPS) is 23.8. The summed E-state index contributed by atoms with van der Waals surface area (Å²) in [6, 6.07) is 5.58. The van der Waals surface area contributed by atoms with Gasteiger partial charge in [-0.25, -0.2) is 0 Å². The summed E-state index contributed by atoms with van der Waals surface area (Å²) in [5.41, 5.74) is 0. The van der Waals surface area contributed by atoms with Crippen molar-refractivity contribution >= 4 is 27.5 Å². The molecule has 1 heterocycles. The highest BCUT2D eigenvalue weighted by atomic mass is 79.9. The fraction of sp³-hybridized carbons (Fsp3) is 0.600. The van der Waals surface area contributed by atoms with E-state index in [2.05, 4.69) is 34.7 Å². The van der Waals surface area contributed by atoms with Gasteiger partial charge in [-0.1, -0.05) is 11.6 Å². The maximum Gasteiger partial charge on any atom is 0.133 e. The Kier molecular flexibility index (Phi) is 6.15. The smallest absolute Gasteiger partial charge is 0.133 e. The minimum Gasteiger partial charge on any atom is -0.492 e. The third-order valence-electron chi connectivity index (χ3n) is 3.27. The molecule has 0 saturated carbocycles. The van der Waals surface area contributed by atoms with Crippen molar-refractivity contribution in [2.24, 2.45) is 0 Å². The second-order valence-corrected chi connectivity index (χ2v) is 6.58. The lowest BCUT2D eigenvalue weighted by atomic mass is 10.2. The van der Waals surface area contributed by atoms with E-state index in [1.807, 2.05) is 18.2 Å². The van der Waals surface area contributed by atoms with Crippen molar-refractivity contribution in [2.75, 3.05) is 26.2 Å². The van der Waals surface area contributed by atoms with Crippen LogP contribution in [-0.2, 0) is 4.74 Å². The maximum absolute atomic E-state index is 5.90. The first kappa shape index (κ1) is 16.1. The Hall–Kier alpha value is -0.290. The quantitative estimate of drug-likeness (QED) is 0.740. The molecule has 20 heavy (non-hydrogen) atoms. The number of hydrogen-bond acceptors (Lipinski definition) is 3. The highest BCUT2D eigenvalue weighted by Gasteiger charge is 2.21. The molecule has 0 amide bonds. The molecule has 3 nitrogen and oxygen atoms in total. The number of morpholine rings is 1. The molecular formula is C15H21BrClNO2. The molecule has 5 heteroatoms. The van der Waals surface area contributed by atoms with Crippen LogP contribution in [-0.4, -0.2) is 43.3 Å². The highest BCUT2D eigenvalue weighted by Crippen LogP contribution is 2.28. The molecule has 0 N–H and O–H groups in total. The summed E-state index contributed by atoms with van der Waals surface area (Å²) in [6.07, 6.45) is 1.66. The Morgan fingerprint density at radius 1 is 1.35 bits per heavy atom. The van der Waals surface area contributed by atoms with Crippen LogP contribution in [0.4, 0.5) is 0 Å². The molecule has 2 atom stereocenters. The first-order valence-corrected chi connectivity index (χ1v) is 8.17. The number of ether oxygens (including phenoxy) is 2. The molecule has 1 aliphatic heterocycles. The van der Waals surface area contributed by atoms with Crippen molar-refractivity contribution in [3.05, 3.63) is 27.7 Å². The Morgan fingerprint density at radius 3 is 2.70 bits per heavy atom. The molecule has 1 fully saturated rings. The lowest BCUT2D eigenvalue weighted by molar-refractivity contribution is -0.0686. The van der Waals surface area contributed by atoms with Crippen LogP contribution in [0.2, 0.25) is 5.02 Å². The molecule has 1 aliphatic rings. The van der Waals surface area contributed by atoms with Crippen molar-refractivity contribution in [1.82, 2.24) is 4.90 Å². The van der Waals surface area contributed by atoms with Gasteiger partial charge in [-0.15, -0.1) is 0 Å². The Bertz CT molecular complexity index is 434. The summed E-state index contributed by atoms with van der Waals surface area (Å²) in [5.74, 6) is 0.845. The summed E-state index contributed by atoms with van der Waals surface area (Å²) in [5, 5.41) is 0.709. The molecule has 2 rings (SSSR count). The highest BCUT2D eigenvalue weighted by molar-refractivity contribution is 9.10. The van der Waals surface area contributed by atoms with Gasteiger partial charge in [0.05, 0.1) is 23.3 Å². The first-order chi connectivity index (χ1) is 9.54. The summed E-state index contributed by atoms with van der Waals surface area (Å²) < 4.78 is 12.4. The monoisotopic (exact) mass is 361 g/mol. The van der Waals surface area contributed by atoms with Gasteiger partial charge >= 0.3 is 0 Å². The zero-order valence-electron chi connectivity index (χ0n) is 11.9. The molecule has 1 aromatic rings. The molecular weight excluding hydrogens is 342 g/mol. The van der Waals surface area contributed by atoms with Gasteiger partial charge in [-0.2, -0.15) is 0 Å². The van der Waals surface area contributed by atoms with Crippen LogP contribution < -0.4 is 4.74 Å². The van der Waals surface area contributed by atoms with Crippen LogP contribution in [0.5, 0.6) is 5.75 Å². The van der Waals surface area contributed by atoms with Gasteiger partial charge in [0.1, 0.15) is 5.75 Å². The second kappa shape index (κ2) is 7.64. The largest absolute Gasteiger partial charge is 0.492 e. The van der Waals surface area contributed by atoms with Crippen molar-refractivity contribution in [3.63, 3.8) is 0 Å². The third kappa shape index (κ3) is 4.92. The number of rotatable bonds is 5. The van der Waals surface area contributed by atoms with Gasteiger partial charge in [0.15, 0.2) is 0 Å². The van der Waals surface area contributed by atoms with E-state index < -0.39 is 0 Å². The third-order valence-corrected chi connectivity index (χ3v) is 4.12. The van der Waals surface area contributed by atoms with E-state index in [0.717, 1.165) is 36.3 Å². The van der Waals surface area contributed by atoms with E-state index in [4.69, 9.17) is 21.1 Å². The molecule has 112 valence electrons. The van der Waals surface area contributed by atoms with Gasteiger partial charge in [0, 0.05) is 24.7 Å². The zero-order valence-corrected chi connectivity index (χ0v) is 14.3. The summed E-state index contributed by atoms with van der Waals surface area (Å²) in [6.45, 7) is 8.03. The van der Waals surface area contributed by atoms with Gasteiger partial charge in [-0.05, 0) is 54.4 Å². The van der Waals surface area contributed by atoms with Crippen molar-refractivity contribution in [3.8, 4) is 5.75 Å². The first-order valence-electron chi connectivity index (χ1n) is 7.00. The van der Waals surface area contributed by atoms with Crippen LogP contribution in [0, 0.1) is 0 Å². The molecule has 0 bridgehead atoms. The van der Waals surface area contributed by atoms with Gasteiger partial charge in [-0.3, -0.25) is 4.90 Å². The van der Waals surface area contributed by atoms with E-state index in [1.54, 1.807) is 0 Å². The van der Waals surface area contributed by atoms with Gasteiger partial charge < -0.3 is 9.47 Å². The van der Waals surface area contributed by atoms with Crippen LogP contribution in [0.25, 0.3) is 0 Å². The van der Waals surface area contributed by atoms with Crippen LogP contribution >= 0.6 is 27.5 Å². The van der Waals surface area contributed by atoms with E-state index >= 15 is 0 Å². The average molecular weight is 363 g/mol. The summed E-state index contributed by atoms with van der Waals surface area (Å²) in [4.78, 5) is 2.44. The van der Waals surface area contributed by atoms with E-state index in [1.165, 1.54) is 0 Å². The number of hydrogen-bond donors (Lipinski definition) is 0. The van der Waals surface area contributed by atoms with Gasteiger partial charge in [0.25, 0.3) is 0 Å². The van der Waals surface area contributed by atoms with Crippen molar-refractivity contribution < 1.29 is 9.47 Å². The minimum absolute atomic E-state index is 0.324. The van der Waals surface area contributed by atoms with Crippen molar-refractivity contribution in [2.45, 2.75) is 32.5 Å². The Labute approximate surface area is 134 Å². The standard InChI is InChI=1S/C15H21BrClNO2/c1-11-9-18(10-12(2)20-11)6-3-7-19-15-5-4-13(17)8-14(15)16/h4-5,8,11-12H,3,6-7,9-10H2,1-2H3/t11-,12-/m1/s1. The lowest BCUT2D eigenvalue weighted by Gasteiger charge is -2.35. The molecule has 0 aromatic heterocycles. The molecule has 1 aromatic carbocycles. The average Bonchev–Trinajstić information content (AvgIpc) is 2.35. The Balaban J connectivity index is 1.71. The topological polar surface area (TPSA) is 21.7 Å². The zero-order chi connectivity index (χ0) is 14.5. The van der Waals surface area contributed by atoms with Crippen LogP contribution in [0.3, 0.4) is 0 Å². The number of benzene rings is 1. The molecule has 0 unspecified atom stereocenters. The van der Waals surface area contributed by atoms with E-state index in [0.29, 0.717) is 23.8 Å². The molecule has 0 spiro atoms. The summed E-state index contributed by atoms with van der Waals surface area (Å²) >= 11 is 9.36. The molecule has 0 radical (unpaired) electrons. The van der Waals surface area contributed by atoms with E-state index in [9.17, 15) is 0 Å². The van der Waals surface area contributed by atoms with Gasteiger partial charge in [0.2, 0.25) is 0 Å². The maximum atomic E-state index is 5.90. The molecule has 0 aliphatic carbocycles. The lowest BCUT2D eigenvalue weighted by Crippen LogP contribution is -2.45. The SMILES string of the molecule is C[C@@H]1CN(CCCOc2ccc(Cl)cc2Br)C[C@@H](C)O1. The second-order valence-electron chi connectivity index (χ2n) is 5.29. The van der Waals surface area contributed by atoms with Crippen molar-refractivity contribution in [1.29, 1.82) is 0 Å². The summed E-state index contributed by atoms with van der Waals surface area (Å²) in [7, 11) is 0. The predicted molar refractivity (Wildman–Crippen MR) is 85.7 cm³/mol. The number of halogens is 2. The minimum atomic E-state index is 0.324. The Morgan fingerprint density at radius 2 is 2.05 bits per heavy atom.